The standard InChI is InChI=1S/C22H25N3O4/c1-15(2)29-17-10-8-16(9-11-17)22(27)25(12-13-28-3)14-20-23-19-7-5-4-6-18(19)21(26)24-20/h4-11,15H,12-14H2,1-3H3,(H,23,24,26). The Balaban J connectivity index is 1.84. The Kier molecular flexibility index (Phi) is 6.61. The number of nitrogens with zero attached hydrogens (tertiary/aromatic N) is 2. The number of methoxy groups -OCH3 is 1. The van der Waals surface area contributed by atoms with Crippen LogP contribution in [0.15, 0.2) is 53.3 Å². The number of ether oxygens (including phenoxy) is 2. The highest BCUT2D eigenvalue weighted by Gasteiger charge is 2.18. The van der Waals surface area contributed by atoms with E-state index in [1.54, 1.807) is 54.5 Å². The number of fused-ring (bicyclic) bond motifs is 1. The number of H-pyrrole nitrogens is 1. The molecule has 0 aliphatic carbocycles. The number of amides is 1. The normalized spacial score (nSPS) is 11.0. The Labute approximate surface area is 169 Å². The second-order valence-corrected chi connectivity index (χ2v) is 6.94. The van der Waals surface area contributed by atoms with E-state index in [1.165, 1.54) is 0 Å². The maximum Gasteiger partial charge on any atom is 0.258 e. The molecule has 1 amide bonds. The zero-order chi connectivity index (χ0) is 20.8. The fourth-order valence-electron chi connectivity index (χ4n) is 2.98. The van der Waals surface area contributed by atoms with Gasteiger partial charge in [-0.05, 0) is 50.2 Å². The first-order valence-electron chi connectivity index (χ1n) is 9.51. The van der Waals surface area contributed by atoms with Crippen LogP contribution in [0, 0.1) is 0 Å². The summed E-state index contributed by atoms with van der Waals surface area (Å²) in [7, 11) is 1.58. The summed E-state index contributed by atoms with van der Waals surface area (Å²) in [6.45, 7) is 4.81. The van der Waals surface area contributed by atoms with Crippen LogP contribution in [0.1, 0.15) is 30.0 Å². The molecule has 2 aromatic carbocycles. The van der Waals surface area contributed by atoms with Gasteiger partial charge in [0.2, 0.25) is 0 Å². The maximum absolute atomic E-state index is 13.0. The summed E-state index contributed by atoms with van der Waals surface area (Å²) in [6.07, 6.45) is 0.0607. The van der Waals surface area contributed by atoms with Gasteiger partial charge in [0.05, 0.1) is 30.2 Å². The van der Waals surface area contributed by atoms with Crippen molar-refractivity contribution in [1.29, 1.82) is 0 Å². The number of carbonyl (C=O) groups is 1. The number of hydrogen-bond acceptors (Lipinski definition) is 5. The van der Waals surface area contributed by atoms with Gasteiger partial charge in [0, 0.05) is 19.2 Å². The third kappa shape index (κ3) is 5.20. The summed E-state index contributed by atoms with van der Waals surface area (Å²) >= 11 is 0. The predicted molar refractivity (Wildman–Crippen MR) is 111 cm³/mol. The van der Waals surface area contributed by atoms with Crippen molar-refractivity contribution < 1.29 is 14.3 Å². The monoisotopic (exact) mass is 395 g/mol. The SMILES string of the molecule is COCCN(Cc1nc2ccccc2c(=O)[nH]1)C(=O)c1ccc(OC(C)C)cc1. The lowest BCUT2D eigenvalue weighted by Gasteiger charge is -2.22. The first-order chi connectivity index (χ1) is 14.0. The third-order valence-corrected chi connectivity index (χ3v) is 4.33. The molecule has 3 aromatic rings. The Morgan fingerprint density at radius 1 is 1.14 bits per heavy atom. The van der Waals surface area contributed by atoms with Crippen molar-refractivity contribution in [2.24, 2.45) is 0 Å². The van der Waals surface area contributed by atoms with E-state index in [9.17, 15) is 9.59 Å². The van der Waals surface area contributed by atoms with Gasteiger partial charge in [-0.25, -0.2) is 4.98 Å². The summed E-state index contributed by atoms with van der Waals surface area (Å²) in [5, 5.41) is 0.520. The number of hydrogen-bond donors (Lipinski definition) is 1. The number of aromatic amines is 1. The van der Waals surface area contributed by atoms with E-state index >= 15 is 0 Å². The highest BCUT2D eigenvalue weighted by Crippen LogP contribution is 2.16. The van der Waals surface area contributed by atoms with E-state index in [0.29, 0.717) is 41.2 Å². The zero-order valence-corrected chi connectivity index (χ0v) is 16.8. The van der Waals surface area contributed by atoms with Crippen LogP contribution in [0.3, 0.4) is 0 Å². The molecule has 1 N–H and O–H groups in total. The Hall–Kier alpha value is -3.19. The van der Waals surface area contributed by atoms with Gasteiger partial charge in [0.25, 0.3) is 11.5 Å². The molecular weight excluding hydrogens is 370 g/mol. The first kappa shape index (κ1) is 20.5. The van der Waals surface area contributed by atoms with Crippen LogP contribution in [0.2, 0.25) is 0 Å². The quantitative estimate of drug-likeness (QED) is 0.634. The Morgan fingerprint density at radius 3 is 2.55 bits per heavy atom. The molecule has 0 atom stereocenters. The number of carbonyl (C=O) groups excluding carboxylic acids is 1. The van der Waals surface area contributed by atoms with Crippen LogP contribution in [0.25, 0.3) is 10.9 Å². The molecule has 152 valence electrons. The topological polar surface area (TPSA) is 84.5 Å². The van der Waals surface area contributed by atoms with E-state index in [-0.39, 0.29) is 24.1 Å². The van der Waals surface area contributed by atoms with Gasteiger partial charge in [0.1, 0.15) is 11.6 Å². The largest absolute Gasteiger partial charge is 0.491 e. The molecule has 7 heteroatoms. The average Bonchev–Trinajstić information content (AvgIpc) is 2.71. The van der Waals surface area contributed by atoms with Crippen LogP contribution < -0.4 is 10.3 Å². The Bertz CT molecular complexity index is 1030. The molecule has 3 rings (SSSR count). The molecule has 29 heavy (non-hydrogen) atoms. The number of benzene rings is 2. The molecule has 0 spiro atoms. The second-order valence-electron chi connectivity index (χ2n) is 6.94. The van der Waals surface area contributed by atoms with Crippen LogP contribution in [0.5, 0.6) is 5.75 Å². The average molecular weight is 395 g/mol. The minimum absolute atomic E-state index is 0.0607. The number of aromatic nitrogens is 2. The number of para-hydroxylation sites is 1. The van der Waals surface area contributed by atoms with E-state index in [2.05, 4.69) is 9.97 Å². The predicted octanol–water partition coefficient (Wildman–Crippen LogP) is 3.00. The molecule has 7 nitrogen and oxygen atoms in total. The van der Waals surface area contributed by atoms with E-state index in [4.69, 9.17) is 9.47 Å². The fraction of sp³-hybridized carbons (Fsp3) is 0.318. The van der Waals surface area contributed by atoms with Crippen molar-refractivity contribution in [3.8, 4) is 5.75 Å². The molecule has 1 aromatic heterocycles. The summed E-state index contributed by atoms with van der Waals surface area (Å²) in [5.74, 6) is 0.965. The van der Waals surface area contributed by atoms with E-state index in [0.717, 1.165) is 0 Å². The van der Waals surface area contributed by atoms with E-state index in [1.807, 2.05) is 19.9 Å². The van der Waals surface area contributed by atoms with Gasteiger partial charge in [0.15, 0.2) is 0 Å². The minimum atomic E-state index is -0.222. The summed E-state index contributed by atoms with van der Waals surface area (Å²) < 4.78 is 10.8. The third-order valence-electron chi connectivity index (χ3n) is 4.33. The highest BCUT2D eigenvalue weighted by atomic mass is 16.5. The minimum Gasteiger partial charge on any atom is -0.491 e. The van der Waals surface area contributed by atoms with Gasteiger partial charge in [-0.1, -0.05) is 12.1 Å². The lowest BCUT2D eigenvalue weighted by atomic mass is 10.2. The molecule has 0 saturated carbocycles. The number of rotatable bonds is 8. The summed E-state index contributed by atoms with van der Waals surface area (Å²) in [6, 6.07) is 14.1. The second kappa shape index (κ2) is 9.34. The summed E-state index contributed by atoms with van der Waals surface area (Å²) in [5.41, 5.74) is 0.904. The van der Waals surface area contributed by atoms with Crippen molar-refractivity contribution in [3.63, 3.8) is 0 Å². The zero-order valence-electron chi connectivity index (χ0n) is 16.8. The van der Waals surface area contributed by atoms with Gasteiger partial charge in [-0.15, -0.1) is 0 Å². The molecule has 0 aliphatic rings. The Morgan fingerprint density at radius 2 is 1.86 bits per heavy atom. The van der Waals surface area contributed by atoms with Crippen LogP contribution >= 0.6 is 0 Å². The highest BCUT2D eigenvalue weighted by molar-refractivity contribution is 5.94. The van der Waals surface area contributed by atoms with Gasteiger partial charge in [-0.3, -0.25) is 9.59 Å². The summed E-state index contributed by atoms with van der Waals surface area (Å²) in [4.78, 5) is 34.2. The van der Waals surface area contributed by atoms with Gasteiger partial charge < -0.3 is 19.4 Å². The lowest BCUT2D eigenvalue weighted by molar-refractivity contribution is 0.0675. The molecule has 0 saturated heterocycles. The fourth-order valence-corrected chi connectivity index (χ4v) is 2.98. The van der Waals surface area contributed by atoms with Crippen molar-refractivity contribution in [3.05, 3.63) is 70.3 Å². The van der Waals surface area contributed by atoms with Crippen LogP contribution in [-0.2, 0) is 11.3 Å². The molecule has 0 bridgehead atoms. The van der Waals surface area contributed by atoms with Crippen molar-refractivity contribution >= 4 is 16.8 Å². The van der Waals surface area contributed by atoms with Crippen molar-refractivity contribution in [2.45, 2.75) is 26.5 Å². The van der Waals surface area contributed by atoms with Crippen molar-refractivity contribution in [1.82, 2.24) is 14.9 Å². The molecule has 1 heterocycles. The van der Waals surface area contributed by atoms with Crippen LogP contribution in [-0.4, -0.2) is 47.1 Å². The molecule has 0 aliphatic heterocycles. The molecule has 0 unspecified atom stereocenters. The van der Waals surface area contributed by atoms with E-state index < -0.39 is 0 Å². The smallest absolute Gasteiger partial charge is 0.258 e. The molecule has 0 fully saturated rings. The van der Waals surface area contributed by atoms with Crippen molar-refractivity contribution in [2.75, 3.05) is 20.3 Å². The first-order valence-corrected chi connectivity index (χ1v) is 9.51. The maximum atomic E-state index is 13.0. The lowest BCUT2D eigenvalue weighted by Crippen LogP contribution is -2.34. The number of nitrogens with one attached hydrogen (secondary N) is 1. The van der Waals surface area contributed by atoms with Gasteiger partial charge >= 0.3 is 0 Å². The molecular formula is C22H25N3O4. The molecule has 0 radical (unpaired) electrons. The van der Waals surface area contributed by atoms with Crippen LogP contribution in [0.4, 0.5) is 0 Å². The van der Waals surface area contributed by atoms with Gasteiger partial charge in [-0.2, -0.15) is 0 Å².